The van der Waals surface area contributed by atoms with E-state index in [0.29, 0.717) is 0 Å². The van der Waals surface area contributed by atoms with Crippen LogP contribution in [0, 0.1) is 0 Å². The lowest BCUT2D eigenvalue weighted by Gasteiger charge is -1.74. The first-order valence-electron chi connectivity index (χ1n) is 1.80. The van der Waals surface area contributed by atoms with Crippen molar-refractivity contribution in [2.45, 2.75) is 6.61 Å². The number of aliphatic hydroxyl groups excluding tert-OH is 1. The van der Waals surface area contributed by atoms with Gasteiger partial charge in [-0.3, -0.25) is 0 Å². The maximum Gasteiger partial charge on any atom is 0.252 e. The SMILES string of the molecule is OCc1ncno1. The summed E-state index contributed by atoms with van der Waals surface area (Å²) < 4.78 is 4.37. The Morgan fingerprint density at radius 3 is 3.00 bits per heavy atom. The standard InChI is InChI=1S/C3H4N2O2/c6-1-3-4-2-5-7-3/h2,6H,1H2. The van der Waals surface area contributed by atoms with Gasteiger partial charge >= 0.3 is 0 Å². The summed E-state index contributed by atoms with van der Waals surface area (Å²) >= 11 is 0. The fraction of sp³-hybridized carbons (Fsp3) is 0.333. The van der Waals surface area contributed by atoms with Crippen LogP contribution < -0.4 is 0 Å². The Balaban J connectivity index is 2.76. The van der Waals surface area contributed by atoms with Gasteiger partial charge in [0, 0.05) is 0 Å². The van der Waals surface area contributed by atoms with Crippen molar-refractivity contribution in [3.05, 3.63) is 12.2 Å². The quantitative estimate of drug-likeness (QED) is 0.519. The first-order chi connectivity index (χ1) is 3.43. The van der Waals surface area contributed by atoms with E-state index in [-0.39, 0.29) is 12.5 Å². The molecule has 7 heavy (non-hydrogen) atoms. The van der Waals surface area contributed by atoms with Crippen LogP contribution in [0.15, 0.2) is 10.9 Å². The van der Waals surface area contributed by atoms with Crippen molar-refractivity contribution in [3.8, 4) is 0 Å². The van der Waals surface area contributed by atoms with E-state index in [0.717, 1.165) is 0 Å². The third kappa shape index (κ3) is 0.747. The average Bonchev–Trinajstić information content (AvgIpc) is 2.14. The molecule has 4 heteroatoms. The van der Waals surface area contributed by atoms with E-state index in [9.17, 15) is 0 Å². The van der Waals surface area contributed by atoms with Crippen molar-refractivity contribution in [2.75, 3.05) is 0 Å². The second-order valence-electron chi connectivity index (χ2n) is 0.993. The summed E-state index contributed by atoms with van der Waals surface area (Å²) in [6.45, 7) is -0.181. The van der Waals surface area contributed by atoms with Crippen LogP contribution >= 0.6 is 0 Å². The number of aromatic nitrogens is 2. The van der Waals surface area contributed by atoms with Gasteiger partial charge in [-0.2, -0.15) is 4.98 Å². The van der Waals surface area contributed by atoms with Gasteiger partial charge in [0.25, 0.3) is 5.89 Å². The van der Waals surface area contributed by atoms with E-state index in [1.165, 1.54) is 6.33 Å². The van der Waals surface area contributed by atoms with Crippen molar-refractivity contribution in [1.82, 2.24) is 10.1 Å². The number of hydrogen-bond acceptors (Lipinski definition) is 4. The number of rotatable bonds is 1. The molecule has 1 aromatic heterocycles. The molecule has 38 valence electrons. The summed E-state index contributed by atoms with van der Waals surface area (Å²) in [5.74, 6) is 0.250. The van der Waals surface area contributed by atoms with E-state index in [1.807, 2.05) is 0 Å². The summed E-state index contributed by atoms with van der Waals surface area (Å²) in [5.41, 5.74) is 0. The predicted molar refractivity (Wildman–Crippen MR) is 20.2 cm³/mol. The van der Waals surface area contributed by atoms with Gasteiger partial charge in [-0.15, -0.1) is 0 Å². The normalized spacial score (nSPS) is 9.29. The number of aliphatic hydroxyl groups is 1. The molecule has 0 aliphatic rings. The van der Waals surface area contributed by atoms with Crippen LogP contribution in [-0.2, 0) is 6.61 Å². The Morgan fingerprint density at radius 1 is 1.86 bits per heavy atom. The molecule has 0 saturated carbocycles. The van der Waals surface area contributed by atoms with Crippen molar-refractivity contribution in [1.29, 1.82) is 0 Å². The van der Waals surface area contributed by atoms with E-state index >= 15 is 0 Å². The molecule has 0 unspecified atom stereocenters. The first kappa shape index (κ1) is 4.26. The topological polar surface area (TPSA) is 59.2 Å². The monoisotopic (exact) mass is 100 g/mol. The van der Waals surface area contributed by atoms with Gasteiger partial charge in [0.1, 0.15) is 6.61 Å². The molecule has 0 fully saturated rings. The molecule has 0 atom stereocenters. The third-order valence-corrected chi connectivity index (χ3v) is 0.542. The molecule has 1 rings (SSSR count). The smallest absolute Gasteiger partial charge is 0.252 e. The zero-order valence-electron chi connectivity index (χ0n) is 3.53. The fourth-order valence-electron chi connectivity index (χ4n) is 0.266. The maximum absolute atomic E-state index is 8.23. The first-order valence-corrected chi connectivity index (χ1v) is 1.80. The number of nitrogens with zero attached hydrogens (tertiary/aromatic N) is 2. The molecule has 0 aliphatic carbocycles. The second kappa shape index (κ2) is 1.70. The molecule has 4 nitrogen and oxygen atoms in total. The van der Waals surface area contributed by atoms with Crippen LogP contribution in [0.25, 0.3) is 0 Å². The molecule has 0 aromatic carbocycles. The van der Waals surface area contributed by atoms with Gasteiger partial charge < -0.3 is 9.63 Å². The van der Waals surface area contributed by atoms with Crippen LogP contribution in [0.3, 0.4) is 0 Å². The van der Waals surface area contributed by atoms with Gasteiger partial charge in [0.05, 0.1) is 0 Å². The molecular weight excluding hydrogens is 96.0 g/mol. The van der Waals surface area contributed by atoms with E-state index < -0.39 is 0 Å². The molecule has 0 aliphatic heterocycles. The van der Waals surface area contributed by atoms with E-state index in [2.05, 4.69) is 14.7 Å². The third-order valence-electron chi connectivity index (χ3n) is 0.542. The Labute approximate surface area is 39.8 Å². The Bertz CT molecular complexity index is 125. The van der Waals surface area contributed by atoms with Gasteiger partial charge in [-0.25, -0.2) is 0 Å². The second-order valence-corrected chi connectivity index (χ2v) is 0.993. The number of hydrogen-bond donors (Lipinski definition) is 1. The molecule has 1 heterocycles. The largest absolute Gasteiger partial charge is 0.387 e. The average molecular weight is 100 g/mol. The Kier molecular flexibility index (Phi) is 1.04. The van der Waals surface area contributed by atoms with Gasteiger partial charge in [-0.1, -0.05) is 5.16 Å². The Hall–Kier alpha value is -0.900. The molecule has 0 spiro atoms. The van der Waals surface area contributed by atoms with Crippen LogP contribution in [0.5, 0.6) is 0 Å². The minimum Gasteiger partial charge on any atom is -0.387 e. The molecule has 0 bridgehead atoms. The lowest BCUT2D eigenvalue weighted by molar-refractivity contribution is 0.222. The predicted octanol–water partition coefficient (Wildman–Crippen LogP) is -0.438. The van der Waals surface area contributed by atoms with Crippen molar-refractivity contribution in [3.63, 3.8) is 0 Å². The summed E-state index contributed by atoms with van der Waals surface area (Å²) in [4.78, 5) is 3.51. The highest BCUT2D eigenvalue weighted by atomic mass is 16.5. The highest BCUT2D eigenvalue weighted by Gasteiger charge is 1.89. The lowest BCUT2D eigenvalue weighted by atomic mass is 10.7. The lowest BCUT2D eigenvalue weighted by Crippen LogP contribution is -1.77. The van der Waals surface area contributed by atoms with Gasteiger partial charge in [-0.05, 0) is 0 Å². The highest BCUT2D eigenvalue weighted by molar-refractivity contribution is 4.66. The minimum atomic E-state index is -0.181. The minimum absolute atomic E-state index is 0.181. The van der Waals surface area contributed by atoms with Crippen molar-refractivity contribution >= 4 is 0 Å². The van der Waals surface area contributed by atoms with Crippen molar-refractivity contribution in [2.24, 2.45) is 0 Å². The zero-order valence-corrected chi connectivity index (χ0v) is 3.53. The molecule has 1 aromatic rings. The van der Waals surface area contributed by atoms with Crippen LogP contribution in [-0.4, -0.2) is 15.2 Å². The summed E-state index contributed by atoms with van der Waals surface area (Å²) in [5, 5.41) is 11.5. The maximum atomic E-state index is 8.23. The molecular formula is C3H4N2O2. The summed E-state index contributed by atoms with van der Waals surface area (Å²) in [6, 6.07) is 0. The fourth-order valence-corrected chi connectivity index (χ4v) is 0.266. The van der Waals surface area contributed by atoms with E-state index in [1.54, 1.807) is 0 Å². The zero-order chi connectivity index (χ0) is 5.11. The molecule has 0 saturated heterocycles. The van der Waals surface area contributed by atoms with E-state index in [4.69, 9.17) is 5.11 Å². The molecule has 1 N–H and O–H groups in total. The van der Waals surface area contributed by atoms with Crippen LogP contribution in [0.1, 0.15) is 5.89 Å². The summed E-state index contributed by atoms with van der Waals surface area (Å²) in [6.07, 6.45) is 1.24. The van der Waals surface area contributed by atoms with Gasteiger partial charge in [0.15, 0.2) is 6.33 Å². The van der Waals surface area contributed by atoms with Crippen LogP contribution in [0.4, 0.5) is 0 Å². The highest BCUT2D eigenvalue weighted by Crippen LogP contribution is 1.85. The van der Waals surface area contributed by atoms with Crippen LogP contribution in [0.2, 0.25) is 0 Å². The molecule has 0 radical (unpaired) electrons. The Morgan fingerprint density at radius 2 is 2.71 bits per heavy atom. The van der Waals surface area contributed by atoms with Crippen molar-refractivity contribution < 1.29 is 9.63 Å². The van der Waals surface area contributed by atoms with Gasteiger partial charge in [0.2, 0.25) is 0 Å². The molecule has 0 amide bonds. The summed E-state index contributed by atoms with van der Waals surface area (Å²) in [7, 11) is 0.